The van der Waals surface area contributed by atoms with Gasteiger partial charge in [-0.1, -0.05) is 17.7 Å². The van der Waals surface area contributed by atoms with Crippen molar-refractivity contribution in [1.82, 2.24) is 9.29 Å². The summed E-state index contributed by atoms with van der Waals surface area (Å²) in [5.74, 6) is 0. The molecule has 0 bridgehead atoms. The van der Waals surface area contributed by atoms with Crippen LogP contribution in [0.25, 0.3) is 10.9 Å². The van der Waals surface area contributed by atoms with Gasteiger partial charge >= 0.3 is 0 Å². The summed E-state index contributed by atoms with van der Waals surface area (Å²) in [4.78, 5) is 16.2. The van der Waals surface area contributed by atoms with E-state index in [-0.39, 0.29) is 23.5 Å². The van der Waals surface area contributed by atoms with Crippen LogP contribution in [0.2, 0.25) is 0 Å². The molecule has 1 aliphatic heterocycles. The van der Waals surface area contributed by atoms with E-state index in [0.717, 1.165) is 27.6 Å². The molecule has 0 radical (unpaired) electrons. The molecule has 8 heteroatoms. The maximum atomic E-state index is 14.0. The first-order valence-corrected chi connectivity index (χ1v) is 12.9. The minimum atomic E-state index is -3.92. The third kappa shape index (κ3) is 4.95. The van der Waals surface area contributed by atoms with Crippen molar-refractivity contribution >= 4 is 20.9 Å². The van der Waals surface area contributed by atoms with Crippen LogP contribution in [-0.4, -0.2) is 50.2 Å². The molecule has 0 aliphatic carbocycles. The van der Waals surface area contributed by atoms with Crippen molar-refractivity contribution in [3.05, 3.63) is 74.1 Å². The minimum Gasteiger partial charge on any atom is -0.376 e. The van der Waals surface area contributed by atoms with Gasteiger partial charge in [0.05, 0.1) is 30.8 Å². The minimum absolute atomic E-state index is 0.0624. The first-order chi connectivity index (χ1) is 16.1. The number of nitrogens with zero attached hydrogens (tertiary/aromatic N) is 1. The standard InChI is InChI=1S/C26H32N2O5S/c1-16-8-19(4)25(20(5)9-16)34(30,31)28(14-23-15-32-6-7-33-23)13-22-12-21-10-17(2)18(3)11-24(21)27-26(22)29/h8-12,23H,6-7,13-15H2,1-5H3,(H,27,29)/t23-/m1/s1. The number of rotatable bonds is 6. The smallest absolute Gasteiger partial charge is 0.252 e. The highest BCUT2D eigenvalue weighted by Crippen LogP contribution is 2.27. The normalized spacial score (nSPS) is 16.9. The summed E-state index contributed by atoms with van der Waals surface area (Å²) in [5, 5.41) is 0.870. The Morgan fingerprint density at radius 3 is 2.26 bits per heavy atom. The molecule has 0 spiro atoms. The summed E-state index contributed by atoms with van der Waals surface area (Å²) in [6.45, 7) is 10.8. The predicted octanol–water partition coefficient (Wildman–Crippen LogP) is 3.68. The molecule has 1 N–H and O–H groups in total. The summed E-state index contributed by atoms with van der Waals surface area (Å²) in [5.41, 5.74) is 5.38. The van der Waals surface area contributed by atoms with Crippen LogP contribution in [0.1, 0.15) is 33.4 Å². The van der Waals surface area contributed by atoms with Gasteiger partial charge in [-0.15, -0.1) is 0 Å². The number of H-pyrrole nitrogens is 1. The molecule has 1 aliphatic rings. The zero-order valence-electron chi connectivity index (χ0n) is 20.4. The molecule has 2 heterocycles. The molecule has 34 heavy (non-hydrogen) atoms. The SMILES string of the molecule is Cc1cc(C)c(S(=O)(=O)N(Cc2cc3cc(C)c(C)cc3[nH]c2=O)C[C@@H]2COCCO2)c(C)c1. The molecular formula is C26H32N2O5S. The van der Waals surface area contributed by atoms with Crippen molar-refractivity contribution in [2.75, 3.05) is 26.4 Å². The van der Waals surface area contributed by atoms with Crippen LogP contribution in [0.5, 0.6) is 0 Å². The molecule has 7 nitrogen and oxygen atoms in total. The number of fused-ring (bicyclic) bond motifs is 1. The number of pyridine rings is 1. The van der Waals surface area contributed by atoms with Crippen molar-refractivity contribution < 1.29 is 17.9 Å². The van der Waals surface area contributed by atoms with Crippen LogP contribution in [0.3, 0.4) is 0 Å². The van der Waals surface area contributed by atoms with E-state index in [4.69, 9.17) is 9.47 Å². The Morgan fingerprint density at radius 2 is 1.62 bits per heavy atom. The molecule has 2 aromatic carbocycles. The summed E-state index contributed by atoms with van der Waals surface area (Å²) in [6, 6.07) is 9.47. The van der Waals surface area contributed by atoms with E-state index in [1.165, 1.54) is 4.31 Å². The van der Waals surface area contributed by atoms with Crippen molar-refractivity contribution in [1.29, 1.82) is 0 Å². The molecule has 4 rings (SSSR count). The van der Waals surface area contributed by atoms with Gasteiger partial charge in [0, 0.05) is 24.2 Å². The van der Waals surface area contributed by atoms with Crippen LogP contribution < -0.4 is 5.56 Å². The zero-order chi connectivity index (χ0) is 24.6. The fourth-order valence-corrected chi connectivity index (χ4v) is 6.51. The van der Waals surface area contributed by atoms with E-state index >= 15 is 0 Å². The molecule has 182 valence electrons. The molecule has 0 amide bonds. The number of nitrogens with one attached hydrogen (secondary N) is 1. The van der Waals surface area contributed by atoms with Gasteiger partial charge in [0.1, 0.15) is 0 Å². The molecule has 0 saturated carbocycles. The van der Waals surface area contributed by atoms with Crippen molar-refractivity contribution in [3.63, 3.8) is 0 Å². The van der Waals surface area contributed by atoms with Gasteiger partial charge < -0.3 is 14.5 Å². The van der Waals surface area contributed by atoms with Gasteiger partial charge in [-0.3, -0.25) is 4.79 Å². The lowest BCUT2D eigenvalue weighted by Crippen LogP contribution is -2.43. The fourth-order valence-electron chi connectivity index (χ4n) is 4.65. The van der Waals surface area contributed by atoms with Gasteiger partial charge in [0.25, 0.3) is 5.56 Å². The number of aromatic amines is 1. The second kappa shape index (κ2) is 9.62. The van der Waals surface area contributed by atoms with E-state index in [1.807, 2.05) is 45.0 Å². The molecule has 1 saturated heterocycles. The third-order valence-corrected chi connectivity index (χ3v) is 8.49. The highest BCUT2D eigenvalue weighted by atomic mass is 32.2. The zero-order valence-corrected chi connectivity index (χ0v) is 21.2. The Kier molecular flexibility index (Phi) is 6.96. The third-order valence-electron chi connectivity index (χ3n) is 6.38. The van der Waals surface area contributed by atoms with Crippen LogP contribution in [0.15, 0.2) is 40.0 Å². The van der Waals surface area contributed by atoms with Crippen molar-refractivity contribution in [2.24, 2.45) is 0 Å². The molecule has 0 unspecified atom stereocenters. The lowest BCUT2D eigenvalue weighted by atomic mass is 10.0. The highest BCUT2D eigenvalue weighted by molar-refractivity contribution is 7.89. The maximum Gasteiger partial charge on any atom is 0.252 e. The van der Waals surface area contributed by atoms with Crippen LogP contribution in [0, 0.1) is 34.6 Å². The second-order valence-corrected chi connectivity index (χ2v) is 11.1. The van der Waals surface area contributed by atoms with E-state index < -0.39 is 16.1 Å². The largest absolute Gasteiger partial charge is 0.376 e. The van der Waals surface area contributed by atoms with Crippen LogP contribution in [-0.2, 0) is 26.0 Å². The Bertz CT molecular complexity index is 1370. The van der Waals surface area contributed by atoms with Gasteiger partial charge in [-0.25, -0.2) is 8.42 Å². The Balaban J connectivity index is 1.79. The summed E-state index contributed by atoms with van der Waals surface area (Å²) >= 11 is 0. The topological polar surface area (TPSA) is 88.7 Å². The number of sulfonamides is 1. The molecule has 3 aromatic rings. The Hall–Kier alpha value is -2.52. The van der Waals surface area contributed by atoms with Gasteiger partial charge in [-0.05, 0) is 80.5 Å². The lowest BCUT2D eigenvalue weighted by Gasteiger charge is -2.30. The average molecular weight is 485 g/mol. The van der Waals surface area contributed by atoms with Gasteiger partial charge in [0.15, 0.2) is 0 Å². The lowest BCUT2D eigenvalue weighted by molar-refractivity contribution is -0.0923. The number of aromatic nitrogens is 1. The summed E-state index contributed by atoms with van der Waals surface area (Å²) < 4.78 is 40.5. The quantitative estimate of drug-likeness (QED) is 0.577. The monoisotopic (exact) mass is 484 g/mol. The molecule has 1 aromatic heterocycles. The molecule has 1 fully saturated rings. The van der Waals surface area contributed by atoms with Crippen molar-refractivity contribution in [3.8, 4) is 0 Å². The van der Waals surface area contributed by atoms with E-state index in [1.54, 1.807) is 19.9 Å². The number of hydrogen-bond donors (Lipinski definition) is 1. The second-order valence-electron chi connectivity index (χ2n) is 9.24. The average Bonchev–Trinajstić information content (AvgIpc) is 2.75. The number of aryl methyl sites for hydroxylation is 5. The van der Waals surface area contributed by atoms with E-state index in [2.05, 4.69) is 4.98 Å². The Labute approximate surface area is 200 Å². The van der Waals surface area contributed by atoms with Crippen LogP contribution in [0.4, 0.5) is 0 Å². The summed E-state index contributed by atoms with van der Waals surface area (Å²) in [7, 11) is -3.92. The first kappa shape index (κ1) is 24.6. The predicted molar refractivity (Wildman–Crippen MR) is 133 cm³/mol. The number of benzene rings is 2. The summed E-state index contributed by atoms with van der Waals surface area (Å²) in [6.07, 6.45) is -0.404. The van der Waals surface area contributed by atoms with Crippen LogP contribution >= 0.6 is 0 Å². The van der Waals surface area contributed by atoms with Gasteiger partial charge in [0.2, 0.25) is 10.0 Å². The number of hydrogen-bond acceptors (Lipinski definition) is 5. The Morgan fingerprint density at radius 1 is 0.941 bits per heavy atom. The molecule has 1 atom stereocenters. The highest BCUT2D eigenvalue weighted by Gasteiger charge is 2.32. The number of ether oxygens (including phenoxy) is 2. The van der Waals surface area contributed by atoms with E-state index in [9.17, 15) is 13.2 Å². The van der Waals surface area contributed by atoms with E-state index in [0.29, 0.717) is 36.5 Å². The first-order valence-electron chi connectivity index (χ1n) is 11.5. The van der Waals surface area contributed by atoms with Gasteiger partial charge in [-0.2, -0.15) is 4.31 Å². The maximum absolute atomic E-state index is 14.0. The van der Waals surface area contributed by atoms with Crippen molar-refractivity contribution in [2.45, 2.75) is 52.2 Å². The fraction of sp³-hybridized carbons (Fsp3) is 0.423. The molecular weight excluding hydrogens is 452 g/mol.